The highest BCUT2D eigenvalue weighted by atomic mass is 16.3. The van der Waals surface area contributed by atoms with Gasteiger partial charge in [-0.2, -0.15) is 4.80 Å². The van der Waals surface area contributed by atoms with E-state index in [1.54, 1.807) is 11.1 Å². The number of unbranched alkanes of at least 4 members (excludes halogenated alkanes) is 2. The average Bonchev–Trinajstić information content (AvgIpc) is 3.03. The molecule has 6 nitrogen and oxygen atoms in total. The summed E-state index contributed by atoms with van der Waals surface area (Å²) in [4.78, 5) is 1.59. The Kier molecular flexibility index (Phi) is 4.89. The van der Waals surface area contributed by atoms with Crippen LogP contribution in [0.5, 0.6) is 0 Å². The maximum absolute atomic E-state index is 5.21. The summed E-state index contributed by atoms with van der Waals surface area (Å²) in [6.07, 6.45) is 5.35. The largest absolute Gasteiger partial charge is 0.461 e. The van der Waals surface area contributed by atoms with Crippen LogP contribution in [0.3, 0.4) is 0 Å². The fourth-order valence-electron chi connectivity index (χ4n) is 1.65. The van der Waals surface area contributed by atoms with Crippen LogP contribution in [0.15, 0.2) is 22.8 Å². The van der Waals surface area contributed by atoms with Gasteiger partial charge in [0.15, 0.2) is 5.76 Å². The van der Waals surface area contributed by atoms with Crippen LogP contribution in [0.1, 0.15) is 26.2 Å². The molecule has 18 heavy (non-hydrogen) atoms. The molecule has 2 aromatic rings. The first-order valence-corrected chi connectivity index (χ1v) is 6.42. The first-order chi connectivity index (χ1) is 8.90. The summed E-state index contributed by atoms with van der Waals surface area (Å²) in [5, 5.41) is 15.5. The minimum absolute atomic E-state index is 0.533. The summed E-state index contributed by atoms with van der Waals surface area (Å²) in [7, 11) is 0. The Balaban J connectivity index is 1.71. The van der Waals surface area contributed by atoms with Crippen molar-refractivity contribution in [3.8, 4) is 11.6 Å². The number of nitrogens with zero attached hydrogens (tertiary/aromatic N) is 4. The van der Waals surface area contributed by atoms with Crippen molar-refractivity contribution in [3.63, 3.8) is 0 Å². The molecule has 2 rings (SSSR count). The lowest BCUT2D eigenvalue weighted by Gasteiger charge is -2.02. The molecule has 0 atom stereocenters. The fourth-order valence-corrected chi connectivity index (χ4v) is 1.65. The van der Waals surface area contributed by atoms with Crippen LogP contribution < -0.4 is 5.32 Å². The molecule has 98 valence electrons. The molecule has 0 unspecified atom stereocenters. The zero-order valence-electron chi connectivity index (χ0n) is 10.7. The highest BCUT2D eigenvalue weighted by Gasteiger charge is 2.07. The zero-order chi connectivity index (χ0) is 12.6. The number of aromatic nitrogens is 4. The molecule has 0 bridgehead atoms. The quantitative estimate of drug-likeness (QED) is 0.721. The van der Waals surface area contributed by atoms with Crippen molar-refractivity contribution >= 4 is 0 Å². The molecule has 0 aliphatic rings. The van der Waals surface area contributed by atoms with E-state index in [1.807, 2.05) is 12.1 Å². The van der Waals surface area contributed by atoms with Crippen molar-refractivity contribution in [1.82, 2.24) is 25.5 Å². The smallest absolute Gasteiger partial charge is 0.240 e. The van der Waals surface area contributed by atoms with Crippen molar-refractivity contribution in [2.45, 2.75) is 32.7 Å². The van der Waals surface area contributed by atoms with Gasteiger partial charge in [0.05, 0.1) is 12.8 Å². The molecular formula is C12H19N5O. The monoisotopic (exact) mass is 249 g/mol. The first-order valence-electron chi connectivity index (χ1n) is 6.42. The van der Waals surface area contributed by atoms with E-state index in [1.165, 1.54) is 19.3 Å². The maximum atomic E-state index is 5.21. The number of tetrazole rings is 1. The second-order valence-corrected chi connectivity index (χ2v) is 4.14. The molecule has 0 aliphatic carbocycles. The number of hydrogen-bond acceptors (Lipinski definition) is 5. The molecule has 0 spiro atoms. The molecule has 0 fully saturated rings. The molecule has 0 saturated heterocycles. The molecule has 0 saturated carbocycles. The van der Waals surface area contributed by atoms with E-state index in [0.29, 0.717) is 11.6 Å². The third kappa shape index (κ3) is 3.66. The van der Waals surface area contributed by atoms with Gasteiger partial charge in [-0.15, -0.1) is 10.2 Å². The first kappa shape index (κ1) is 12.8. The van der Waals surface area contributed by atoms with E-state index in [4.69, 9.17) is 4.42 Å². The van der Waals surface area contributed by atoms with E-state index in [0.717, 1.165) is 19.6 Å². The predicted octanol–water partition coefficient (Wildman–Crippen LogP) is 1.71. The van der Waals surface area contributed by atoms with Crippen molar-refractivity contribution in [1.29, 1.82) is 0 Å². The predicted molar refractivity (Wildman–Crippen MR) is 67.9 cm³/mol. The molecule has 2 heterocycles. The topological polar surface area (TPSA) is 68.8 Å². The van der Waals surface area contributed by atoms with Gasteiger partial charge in [0.1, 0.15) is 0 Å². The van der Waals surface area contributed by atoms with Crippen molar-refractivity contribution < 1.29 is 4.42 Å². The van der Waals surface area contributed by atoms with E-state index in [-0.39, 0.29) is 0 Å². The third-order valence-electron chi connectivity index (χ3n) is 2.64. The average molecular weight is 249 g/mol. The van der Waals surface area contributed by atoms with Gasteiger partial charge >= 0.3 is 0 Å². The van der Waals surface area contributed by atoms with Gasteiger partial charge in [0.25, 0.3) is 0 Å². The Bertz CT molecular complexity index is 437. The van der Waals surface area contributed by atoms with Crippen LogP contribution in [-0.4, -0.2) is 33.3 Å². The summed E-state index contributed by atoms with van der Waals surface area (Å²) in [6, 6.07) is 3.63. The summed E-state index contributed by atoms with van der Waals surface area (Å²) in [5.74, 6) is 1.18. The SMILES string of the molecule is CCCCCNCCn1nnc(-c2ccco2)n1. The van der Waals surface area contributed by atoms with E-state index >= 15 is 0 Å². The fraction of sp³-hybridized carbons (Fsp3) is 0.583. The molecule has 0 radical (unpaired) electrons. The van der Waals surface area contributed by atoms with Crippen LogP contribution in [0.4, 0.5) is 0 Å². The second-order valence-electron chi connectivity index (χ2n) is 4.14. The van der Waals surface area contributed by atoms with Crippen LogP contribution in [-0.2, 0) is 6.54 Å². The normalized spacial score (nSPS) is 10.9. The third-order valence-corrected chi connectivity index (χ3v) is 2.64. The lowest BCUT2D eigenvalue weighted by molar-refractivity contribution is 0.485. The van der Waals surface area contributed by atoms with Crippen LogP contribution in [0, 0.1) is 0 Å². The van der Waals surface area contributed by atoms with Gasteiger partial charge in [-0.1, -0.05) is 19.8 Å². The van der Waals surface area contributed by atoms with Gasteiger partial charge in [-0.05, 0) is 30.3 Å². The Morgan fingerprint density at radius 1 is 1.33 bits per heavy atom. The van der Waals surface area contributed by atoms with Crippen LogP contribution >= 0.6 is 0 Å². The summed E-state index contributed by atoms with van der Waals surface area (Å²) < 4.78 is 5.21. The second kappa shape index (κ2) is 6.90. The molecular weight excluding hydrogens is 230 g/mol. The molecule has 2 aromatic heterocycles. The van der Waals surface area contributed by atoms with E-state index < -0.39 is 0 Å². The van der Waals surface area contributed by atoms with Crippen LogP contribution in [0.25, 0.3) is 11.6 Å². The Labute approximate surface area is 106 Å². The van der Waals surface area contributed by atoms with Gasteiger partial charge in [0.2, 0.25) is 5.82 Å². The highest BCUT2D eigenvalue weighted by molar-refractivity contribution is 5.43. The minimum atomic E-state index is 0.533. The zero-order valence-corrected chi connectivity index (χ0v) is 10.7. The number of furan rings is 1. The van der Waals surface area contributed by atoms with Gasteiger partial charge < -0.3 is 9.73 Å². The van der Waals surface area contributed by atoms with Crippen molar-refractivity contribution in [3.05, 3.63) is 18.4 Å². The van der Waals surface area contributed by atoms with E-state index in [2.05, 4.69) is 27.7 Å². The highest BCUT2D eigenvalue weighted by Crippen LogP contribution is 2.12. The lowest BCUT2D eigenvalue weighted by Crippen LogP contribution is -2.22. The minimum Gasteiger partial charge on any atom is -0.461 e. The number of rotatable bonds is 8. The van der Waals surface area contributed by atoms with Gasteiger partial charge in [-0.25, -0.2) is 0 Å². The van der Waals surface area contributed by atoms with Crippen LogP contribution in [0.2, 0.25) is 0 Å². The summed E-state index contributed by atoms with van der Waals surface area (Å²) >= 11 is 0. The number of nitrogens with one attached hydrogen (secondary N) is 1. The molecule has 0 amide bonds. The van der Waals surface area contributed by atoms with Crippen molar-refractivity contribution in [2.75, 3.05) is 13.1 Å². The molecule has 0 aromatic carbocycles. The molecule has 6 heteroatoms. The Morgan fingerprint density at radius 3 is 3.06 bits per heavy atom. The number of hydrogen-bond donors (Lipinski definition) is 1. The lowest BCUT2D eigenvalue weighted by atomic mass is 10.2. The molecule has 0 aliphatic heterocycles. The standard InChI is InChI=1S/C12H19N5O/c1-2-3-4-7-13-8-9-17-15-12(14-16-17)11-6-5-10-18-11/h5-6,10,13H,2-4,7-9H2,1H3. The summed E-state index contributed by atoms with van der Waals surface area (Å²) in [5.41, 5.74) is 0. The van der Waals surface area contributed by atoms with Gasteiger partial charge in [-0.3, -0.25) is 0 Å². The molecule has 1 N–H and O–H groups in total. The van der Waals surface area contributed by atoms with Gasteiger partial charge in [0, 0.05) is 6.54 Å². The van der Waals surface area contributed by atoms with Crippen molar-refractivity contribution in [2.24, 2.45) is 0 Å². The summed E-state index contributed by atoms with van der Waals surface area (Å²) in [6.45, 7) is 4.83. The maximum Gasteiger partial charge on any atom is 0.240 e. The Morgan fingerprint density at radius 2 is 2.28 bits per heavy atom. The van der Waals surface area contributed by atoms with E-state index in [9.17, 15) is 0 Å². The Hall–Kier alpha value is -1.69.